The van der Waals surface area contributed by atoms with Crippen molar-refractivity contribution in [2.24, 2.45) is 4.99 Å². The predicted molar refractivity (Wildman–Crippen MR) is 65.6 cm³/mol. The van der Waals surface area contributed by atoms with Crippen LogP contribution in [0.3, 0.4) is 0 Å². The number of fused-ring (bicyclic) bond motifs is 3. The molecule has 16 heavy (non-hydrogen) atoms. The maximum absolute atomic E-state index is 9.33. The molecule has 0 unspecified atom stereocenters. The number of para-hydroxylation sites is 1. The van der Waals surface area contributed by atoms with Crippen LogP contribution in [0.1, 0.15) is 11.3 Å². The van der Waals surface area contributed by atoms with Gasteiger partial charge >= 0.3 is 0 Å². The number of aromatic nitrogens is 1. The molecular formula is C13H12N2O. The van der Waals surface area contributed by atoms with Crippen LogP contribution in [0, 0.1) is 0 Å². The minimum Gasteiger partial charge on any atom is -0.392 e. The third-order valence-corrected chi connectivity index (χ3v) is 2.94. The average Bonchev–Trinajstić information content (AvgIpc) is 2.56. The Labute approximate surface area is 93.1 Å². The first-order chi connectivity index (χ1) is 7.90. The van der Waals surface area contributed by atoms with E-state index in [1.165, 1.54) is 10.9 Å². The van der Waals surface area contributed by atoms with Gasteiger partial charge in [-0.3, -0.25) is 4.99 Å². The number of aromatic amines is 1. The van der Waals surface area contributed by atoms with Crippen molar-refractivity contribution < 1.29 is 5.11 Å². The number of hydrogen-bond donors (Lipinski definition) is 2. The van der Waals surface area contributed by atoms with Crippen LogP contribution in [0.5, 0.6) is 0 Å². The van der Waals surface area contributed by atoms with Crippen molar-refractivity contribution in [2.45, 2.75) is 6.42 Å². The monoisotopic (exact) mass is 212 g/mol. The van der Waals surface area contributed by atoms with Gasteiger partial charge in [0, 0.05) is 41.0 Å². The lowest BCUT2D eigenvalue weighted by atomic mass is 10.0. The lowest BCUT2D eigenvalue weighted by molar-refractivity contribution is 0.349. The Morgan fingerprint density at radius 2 is 2.19 bits per heavy atom. The normalized spacial score (nSPS) is 14.7. The number of benzene rings is 1. The SMILES string of the molecule is OCC1=CN=CCc2c1[nH]c1ccccc21. The predicted octanol–water partition coefficient (Wildman–Crippen LogP) is 2.13. The van der Waals surface area contributed by atoms with Gasteiger partial charge in [-0.15, -0.1) is 0 Å². The van der Waals surface area contributed by atoms with Crippen molar-refractivity contribution in [2.75, 3.05) is 6.61 Å². The molecule has 3 heteroatoms. The molecule has 1 aliphatic rings. The van der Waals surface area contributed by atoms with E-state index < -0.39 is 0 Å². The van der Waals surface area contributed by atoms with Gasteiger partial charge in [-0.1, -0.05) is 18.2 Å². The molecule has 2 aromatic rings. The zero-order valence-corrected chi connectivity index (χ0v) is 8.77. The van der Waals surface area contributed by atoms with Gasteiger partial charge in [-0.25, -0.2) is 0 Å². The number of H-pyrrole nitrogens is 1. The van der Waals surface area contributed by atoms with E-state index in [9.17, 15) is 5.11 Å². The summed E-state index contributed by atoms with van der Waals surface area (Å²) in [4.78, 5) is 7.50. The fourth-order valence-electron chi connectivity index (χ4n) is 2.16. The lowest BCUT2D eigenvalue weighted by Crippen LogP contribution is -1.93. The Hall–Kier alpha value is -1.87. The number of hydrogen-bond acceptors (Lipinski definition) is 2. The molecule has 1 aliphatic heterocycles. The van der Waals surface area contributed by atoms with Crippen LogP contribution >= 0.6 is 0 Å². The first-order valence-electron chi connectivity index (χ1n) is 5.31. The standard InChI is InChI=1S/C13H12N2O/c16-8-9-7-14-6-5-11-10-3-1-2-4-12(10)15-13(9)11/h1-4,6-7,15-16H,5,8H2. The molecule has 0 amide bonds. The molecule has 0 saturated heterocycles. The van der Waals surface area contributed by atoms with Crippen molar-refractivity contribution in [3.05, 3.63) is 41.7 Å². The highest BCUT2D eigenvalue weighted by Crippen LogP contribution is 2.28. The largest absolute Gasteiger partial charge is 0.392 e. The maximum Gasteiger partial charge on any atom is 0.0717 e. The Morgan fingerprint density at radius 1 is 1.31 bits per heavy atom. The number of aliphatic imine (C=N–C) groups is 1. The number of aliphatic hydroxyl groups excluding tert-OH is 1. The third-order valence-electron chi connectivity index (χ3n) is 2.94. The van der Waals surface area contributed by atoms with Crippen LogP contribution in [0.4, 0.5) is 0 Å². The molecule has 80 valence electrons. The van der Waals surface area contributed by atoms with E-state index in [1.807, 2.05) is 18.3 Å². The molecule has 0 spiro atoms. The topological polar surface area (TPSA) is 48.4 Å². The number of aliphatic hydroxyl groups is 1. The lowest BCUT2D eigenvalue weighted by Gasteiger charge is -2.01. The average molecular weight is 212 g/mol. The molecule has 0 atom stereocenters. The van der Waals surface area contributed by atoms with Crippen molar-refractivity contribution >= 4 is 22.7 Å². The van der Waals surface area contributed by atoms with E-state index in [0.717, 1.165) is 23.2 Å². The van der Waals surface area contributed by atoms with Crippen LogP contribution in [0.25, 0.3) is 16.5 Å². The van der Waals surface area contributed by atoms with Crippen molar-refractivity contribution in [3.63, 3.8) is 0 Å². The maximum atomic E-state index is 9.33. The number of nitrogens with zero attached hydrogens (tertiary/aromatic N) is 1. The highest BCUT2D eigenvalue weighted by atomic mass is 16.3. The summed E-state index contributed by atoms with van der Waals surface area (Å²) in [5.74, 6) is 0. The molecule has 0 aliphatic carbocycles. The van der Waals surface area contributed by atoms with Crippen LogP contribution in [-0.4, -0.2) is 22.9 Å². The summed E-state index contributed by atoms with van der Waals surface area (Å²) in [6, 6.07) is 8.18. The van der Waals surface area contributed by atoms with Gasteiger partial charge in [0.25, 0.3) is 0 Å². The van der Waals surface area contributed by atoms with E-state index in [1.54, 1.807) is 6.20 Å². The summed E-state index contributed by atoms with van der Waals surface area (Å²) in [5.41, 5.74) is 4.19. The molecule has 0 fully saturated rings. The van der Waals surface area contributed by atoms with Gasteiger partial charge in [0.1, 0.15) is 0 Å². The fraction of sp³-hybridized carbons (Fsp3) is 0.154. The quantitative estimate of drug-likeness (QED) is 0.747. The minimum absolute atomic E-state index is 0.0111. The zero-order chi connectivity index (χ0) is 11.0. The van der Waals surface area contributed by atoms with Gasteiger partial charge in [-0.05, 0) is 11.6 Å². The fourth-order valence-corrected chi connectivity index (χ4v) is 2.16. The van der Waals surface area contributed by atoms with Crippen LogP contribution in [-0.2, 0) is 6.42 Å². The summed E-state index contributed by atoms with van der Waals surface area (Å²) in [6.07, 6.45) is 4.41. The highest BCUT2D eigenvalue weighted by Gasteiger charge is 2.14. The number of nitrogens with one attached hydrogen (secondary N) is 1. The molecule has 3 nitrogen and oxygen atoms in total. The highest BCUT2D eigenvalue weighted by molar-refractivity contribution is 5.92. The van der Waals surface area contributed by atoms with Gasteiger partial charge < -0.3 is 10.1 Å². The molecule has 0 saturated carbocycles. The van der Waals surface area contributed by atoms with Crippen molar-refractivity contribution in [3.8, 4) is 0 Å². The molecule has 0 bridgehead atoms. The van der Waals surface area contributed by atoms with E-state index in [2.05, 4.69) is 22.1 Å². The van der Waals surface area contributed by atoms with E-state index in [4.69, 9.17) is 0 Å². The second-order valence-electron chi connectivity index (χ2n) is 3.87. The first-order valence-corrected chi connectivity index (χ1v) is 5.31. The first kappa shape index (κ1) is 9.36. The van der Waals surface area contributed by atoms with Crippen molar-refractivity contribution in [1.29, 1.82) is 0 Å². The van der Waals surface area contributed by atoms with Crippen LogP contribution in [0.2, 0.25) is 0 Å². The van der Waals surface area contributed by atoms with Gasteiger partial charge in [0.05, 0.1) is 6.61 Å². The van der Waals surface area contributed by atoms with E-state index in [-0.39, 0.29) is 6.61 Å². The molecule has 2 N–H and O–H groups in total. The Kier molecular flexibility index (Phi) is 2.11. The van der Waals surface area contributed by atoms with Gasteiger partial charge in [0.15, 0.2) is 0 Å². The van der Waals surface area contributed by atoms with E-state index in [0.29, 0.717) is 0 Å². The molecule has 2 heterocycles. The summed E-state index contributed by atoms with van der Waals surface area (Å²) in [6.45, 7) is 0.0111. The van der Waals surface area contributed by atoms with Crippen LogP contribution < -0.4 is 0 Å². The summed E-state index contributed by atoms with van der Waals surface area (Å²) < 4.78 is 0. The molecule has 1 aromatic carbocycles. The van der Waals surface area contributed by atoms with Gasteiger partial charge in [-0.2, -0.15) is 0 Å². The Morgan fingerprint density at radius 3 is 3.06 bits per heavy atom. The van der Waals surface area contributed by atoms with E-state index >= 15 is 0 Å². The second-order valence-corrected chi connectivity index (χ2v) is 3.87. The molecule has 1 aromatic heterocycles. The summed E-state index contributed by atoms with van der Waals surface area (Å²) in [7, 11) is 0. The minimum atomic E-state index is 0.0111. The summed E-state index contributed by atoms with van der Waals surface area (Å²) in [5, 5.41) is 10.5. The number of rotatable bonds is 1. The summed E-state index contributed by atoms with van der Waals surface area (Å²) >= 11 is 0. The molecular weight excluding hydrogens is 200 g/mol. The second kappa shape index (κ2) is 3.61. The van der Waals surface area contributed by atoms with Gasteiger partial charge in [0.2, 0.25) is 0 Å². The third kappa shape index (κ3) is 1.29. The van der Waals surface area contributed by atoms with Crippen LogP contribution in [0.15, 0.2) is 35.5 Å². The molecule has 3 rings (SSSR count). The Balaban J connectivity index is 2.32. The zero-order valence-electron chi connectivity index (χ0n) is 8.77. The smallest absolute Gasteiger partial charge is 0.0717 e. The molecule has 0 radical (unpaired) electrons. The Bertz CT molecular complexity index is 593. The van der Waals surface area contributed by atoms with Crippen molar-refractivity contribution in [1.82, 2.24) is 4.98 Å².